The van der Waals surface area contributed by atoms with Crippen molar-refractivity contribution in [1.29, 1.82) is 0 Å². The van der Waals surface area contributed by atoms with Crippen LogP contribution in [0.25, 0.3) is 16.7 Å². The summed E-state index contributed by atoms with van der Waals surface area (Å²) in [6.45, 7) is 1.37. The molecule has 2 aromatic carbocycles. The number of fused-ring (bicyclic) bond motifs is 2. The van der Waals surface area contributed by atoms with Crippen LogP contribution in [0.15, 0.2) is 67.5 Å². The molecule has 162 valence electrons. The van der Waals surface area contributed by atoms with Crippen molar-refractivity contribution in [3.05, 3.63) is 73.1 Å². The van der Waals surface area contributed by atoms with Crippen LogP contribution in [0, 0.1) is 11.8 Å². The molecular weight excluding hydrogens is 404 g/mol. The Bertz CT molecular complexity index is 1270. The molecule has 2 aliphatic rings. The van der Waals surface area contributed by atoms with E-state index in [1.54, 1.807) is 11.0 Å². The van der Waals surface area contributed by atoms with E-state index in [0.717, 1.165) is 23.1 Å². The Balaban J connectivity index is 1.24. The number of carbonyl (C=O) groups excluding carboxylic acids is 1. The first kappa shape index (κ1) is 19.2. The van der Waals surface area contributed by atoms with Crippen LogP contribution in [0.2, 0.25) is 0 Å². The summed E-state index contributed by atoms with van der Waals surface area (Å²) in [7, 11) is 0. The van der Waals surface area contributed by atoms with Crippen LogP contribution in [0.5, 0.6) is 0 Å². The van der Waals surface area contributed by atoms with Crippen LogP contribution in [0.1, 0.15) is 29.2 Å². The predicted octanol–water partition coefficient (Wildman–Crippen LogP) is 2.70. The van der Waals surface area contributed by atoms with E-state index in [-0.39, 0.29) is 11.9 Å². The van der Waals surface area contributed by atoms with Gasteiger partial charge in [0.1, 0.15) is 12.7 Å². The van der Waals surface area contributed by atoms with E-state index in [0.29, 0.717) is 36.9 Å². The van der Waals surface area contributed by atoms with Crippen LogP contribution in [0.4, 0.5) is 0 Å². The maximum absolute atomic E-state index is 13.5. The number of rotatable bonds is 3. The van der Waals surface area contributed by atoms with Gasteiger partial charge >= 0.3 is 0 Å². The van der Waals surface area contributed by atoms with Gasteiger partial charge < -0.3 is 14.6 Å². The number of para-hydroxylation sites is 3. The van der Waals surface area contributed by atoms with Gasteiger partial charge in [-0.2, -0.15) is 5.10 Å². The fraction of sp³-hybridized carbons (Fsp3) is 0.333. The van der Waals surface area contributed by atoms with E-state index in [1.807, 2.05) is 59.8 Å². The van der Waals surface area contributed by atoms with E-state index in [4.69, 9.17) is 0 Å². The molecule has 0 spiro atoms. The van der Waals surface area contributed by atoms with Gasteiger partial charge in [-0.25, -0.2) is 14.6 Å². The number of aliphatic hydroxyl groups excluding tert-OH is 1. The molecule has 8 nitrogen and oxygen atoms in total. The first-order valence-corrected chi connectivity index (χ1v) is 11.0. The molecule has 4 atom stereocenters. The molecule has 32 heavy (non-hydrogen) atoms. The van der Waals surface area contributed by atoms with Crippen molar-refractivity contribution < 1.29 is 9.90 Å². The van der Waals surface area contributed by atoms with E-state index >= 15 is 0 Å². The van der Waals surface area contributed by atoms with Crippen molar-refractivity contribution >= 4 is 16.9 Å². The normalized spacial score (nSPS) is 25.2. The minimum Gasteiger partial charge on any atom is -0.391 e. The summed E-state index contributed by atoms with van der Waals surface area (Å²) in [6, 6.07) is 15.5. The van der Waals surface area contributed by atoms with Gasteiger partial charge in [0.05, 0.1) is 40.8 Å². The molecule has 1 saturated carbocycles. The number of aromatic nitrogens is 5. The first-order valence-electron chi connectivity index (χ1n) is 11.0. The van der Waals surface area contributed by atoms with E-state index in [9.17, 15) is 9.90 Å². The molecule has 8 heteroatoms. The summed E-state index contributed by atoms with van der Waals surface area (Å²) >= 11 is 0. The van der Waals surface area contributed by atoms with Gasteiger partial charge in [-0.3, -0.25) is 4.79 Å². The molecule has 4 aromatic rings. The van der Waals surface area contributed by atoms with Crippen molar-refractivity contribution in [3.63, 3.8) is 0 Å². The molecule has 0 bridgehead atoms. The monoisotopic (exact) mass is 428 g/mol. The zero-order chi connectivity index (χ0) is 21.7. The lowest BCUT2D eigenvalue weighted by Crippen LogP contribution is -2.36. The highest BCUT2D eigenvalue weighted by atomic mass is 16.3. The van der Waals surface area contributed by atoms with Crippen molar-refractivity contribution in [3.8, 4) is 5.69 Å². The van der Waals surface area contributed by atoms with Crippen LogP contribution in [0.3, 0.4) is 0 Å². The number of nitrogens with zero attached hydrogens (tertiary/aromatic N) is 6. The van der Waals surface area contributed by atoms with Crippen LogP contribution < -0.4 is 0 Å². The molecule has 2 fully saturated rings. The Morgan fingerprint density at radius 2 is 1.75 bits per heavy atom. The largest absolute Gasteiger partial charge is 0.391 e. The Kier molecular flexibility index (Phi) is 4.53. The summed E-state index contributed by atoms with van der Waals surface area (Å²) in [4.78, 5) is 23.9. The fourth-order valence-electron chi connectivity index (χ4n) is 5.47. The summed E-state index contributed by atoms with van der Waals surface area (Å²) in [5.74, 6) is 0.662. The lowest BCUT2D eigenvalue weighted by atomic mass is 9.77. The predicted molar refractivity (Wildman–Crippen MR) is 118 cm³/mol. The molecule has 1 N–H and O–H groups in total. The average molecular weight is 428 g/mol. The Hall–Kier alpha value is -3.52. The zero-order valence-electron chi connectivity index (χ0n) is 17.5. The smallest absolute Gasteiger partial charge is 0.256 e. The first-order chi connectivity index (χ1) is 15.7. The molecule has 2 aromatic heterocycles. The number of aliphatic hydroxyl groups is 1. The number of imidazole rings is 1. The SMILES string of the molecule is O=C(c1ccccc1-n1cncn1)N1C[C@H]2C[C@@H](n3cnc4ccccc43)[C@H](O)C[C@H]2C1. The van der Waals surface area contributed by atoms with Gasteiger partial charge in [0, 0.05) is 13.1 Å². The topological polar surface area (TPSA) is 89.1 Å². The highest BCUT2D eigenvalue weighted by molar-refractivity contribution is 5.98. The third-order valence-electron chi connectivity index (χ3n) is 7.03. The molecule has 1 aliphatic heterocycles. The molecule has 1 saturated heterocycles. The van der Waals surface area contributed by atoms with Crippen LogP contribution in [-0.2, 0) is 0 Å². The summed E-state index contributed by atoms with van der Waals surface area (Å²) in [5, 5.41) is 15.2. The Morgan fingerprint density at radius 1 is 0.969 bits per heavy atom. The number of likely N-dealkylation sites (tertiary alicyclic amines) is 1. The van der Waals surface area contributed by atoms with Crippen LogP contribution >= 0.6 is 0 Å². The number of hydrogen-bond acceptors (Lipinski definition) is 5. The second-order valence-corrected chi connectivity index (χ2v) is 8.83. The van der Waals surface area contributed by atoms with Crippen molar-refractivity contribution in [2.75, 3.05) is 13.1 Å². The fourth-order valence-corrected chi connectivity index (χ4v) is 5.47. The number of benzene rings is 2. The standard InChI is InChI=1S/C24H24N6O2/c31-23-10-17-12-28(24(32)18-5-1-3-7-20(18)30-14-25-13-27-30)11-16(17)9-22(23)29-15-26-19-6-2-4-8-21(19)29/h1-8,13-17,22-23,31H,9-12H2/t16-,17+,22-,23-/m1/s1. The van der Waals surface area contributed by atoms with Crippen LogP contribution in [-0.4, -0.2) is 59.4 Å². The molecule has 1 amide bonds. The maximum Gasteiger partial charge on any atom is 0.256 e. The van der Waals surface area contributed by atoms with Gasteiger partial charge in [0.15, 0.2) is 0 Å². The summed E-state index contributed by atoms with van der Waals surface area (Å²) in [5.41, 5.74) is 3.33. The highest BCUT2D eigenvalue weighted by Gasteiger charge is 2.44. The molecule has 1 aliphatic carbocycles. The minimum absolute atomic E-state index is 0.00428. The van der Waals surface area contributed by atoms with Gasteiger partial charge in [-0.15, -0.1) is 0 Å². The number of hydrogen-bond donors (Lipinski definition) is 1. The lowest BCUT2D eigenvalue weighted by molar-refractivity contribution is 0.0374. The van der Waals surface area contributed by atoms with E-state index in [2.05, 4.69) is 19.6 Å². The number of amides is 1. The molecule has 0 unspecified atom stereocenters. The highest BCUT2D eigenvalue weighted by Crippen LogP contribution is 2.42. The summed E-state index contributed by atoms with van der Waals surface area (Å²) < 4.78 is 3.74. The third-order valence-corrected chi connectivity index (χ3v) is 7.03. The average Bonchev–Trinajstić information content (AvgIpc) is 3.57. The van der Waals surface area contributed by atoms with Gasteiger partial charge in [-0.05, 0) is 48.9 Å². The van der Waals surface area contributed by atoms with Crippen molar-refractivity contribution in [2.45, 2.75) is 25.0 Å². The minimum atomic E-state index is -0.452. The lowest BCUT2D eigenvalue weighted by Gasteiger charge is -2.36. The van der Waals surface area contributed by atoms with E-state index in [1.165, 1.54) is 6.33 Å². The molecule has 0 radical (unpaired) electrons. The second-order valence-electron chi connectivity index (χ2n) is 8.83. The Morgan fingerprint density at radius 3 is 2.59 bits per heavy atom. The zero-order valence-corrected chi connectivity index (χ0v) is 17.5. The maximum atomic E-state index is 13.5. The number of carbonyl (C=O) groups is 1. The summed E-state index contributed by atoms with van der Waals surface area (Å²) in [6.07, 6.45) is 5.98. The van der Waals surface area contributed by atoms with Gasteiger partial charge in [0.2, 0.25) is 0 Å². The Labute approximate surface area is 185 Å². The third kappa shape index (κ3) is 3.10. The van der Waals surface area contributed by atoms with E-state index < -0.39 is 6.10 Å². The van der Waals surface area contributed by atoms with Crippen molar-refractivity contribution in [1.82, 2.24) is 29.2 Å². The van der Waals surface area contributed by atoms with Gasteiger partial charge in [-0.1, -0.05) is 24.3 Å². The quantitative estimate of drug-likeness (QED) is 0.542. The molecular formula is C24H24N6O2. The van der Waals surface area contributed by atoms with Gasteiger partial charge in [0.25, 0.3) is 5.91 Å². The molecule has 3 heterocycles. The van der Waals surface area contributed by atoms with Crippen molar-refractivity contribution in [2.24, 2.45) is 11.8 Å². The second kappa shape index (κ2) is 7.56. The molecule has 6 rings (SSSR count).